The first-order chi connectivity index (χ1) is 16.5. The molecule has 0 unspecified atom stereocenters. The Hall–Kier alpha value is -3.96. The van der Waals surface area contributed by atoms with Crippen molar-refractivity contribution in [3.63, 3.8) is 0 Å². The molecule has 1 aromatic heterocycles. The normalized spacial score (nSPS) is 12.1. The monoisotopic (exact) mass is 466 g/mol. The van der Waals surface area contributed by atoms with Crippen molar-refractivity contribution in [3.05, 3.63) is 135 Å². The van der Waals surface area contributed by atoms with Gasteiger partial charge in [-0.25, -0.2) is 0 Å². The minimum Gasteiger partial charge on any atom is -0.340 e. The Morgan fingerprint density at radius 3 is 2.21 bits per heavy atom. The van der Waals surface area contributed by atoms with E-state index in [1.165, 1.54) is 11.3 Å². The van der Waals surface area contributed by atoms with Crippen molar-refractivity contribution in [2.75, 3.05) is 0 Å². The van der Waals surface area contributed by atoms with Gasteiger partial charge >= 0.3 is 0 Å². The Labute approximate surface area is 204 Å². The van der Waals surface area contributed by atoms with E-state index in [0.29, 0.717) is 5.56 Å². The van der Waals surface area contributed by atoms with Gasteiger partial charge in [-0.05, 0) is 60.2 Å². The maximum Gasteiger partial charge on any atom is 0.268 e. The van der Waals surface area contributed by atoms with E-state index < -0.39 is 0 Å². The highest BCUT2D eigenvalue weighted by Crippen LogP contribution is 2.26. The molecule has 0 aliphatic carbocycles. The third-order valence-electron chi connectivity index (χ3n) is 5.50. The molecule has 1 atom stereocenters. The standard InChI is InChI=1S/C29H26N2O2S/c1-20-15-16-25(21(2)18-20)27(22-10-5-3-6-11-22)31-29(33)26(19-24-14-9-17-34-24)30-28(32)23-12-7-4-8-13-23/h3-19,27H,1-2H3,(H,30,32)(H,31,33)/b26-19-/t27-/m0/s1. The molecule has 0 aliphatic rings. The first-order valence-electron chi connectivity index (χ1n) is 11.1. The van der Waals surface area contributed by atoms with Gasteiger partial charge in [-0.1, -0.05) is 78.4 Å². The van der Waals surface area contributed by atoms with Gasteiger partial charge in [-0.2, -0.15) is 0 Å². The van der Waals surface area contributed by atoms with E-state index in [-0.39, 0.29) is 23.6 Å². The van der Waals surface area contributed by atoms with Crippen LogP contribution in [0.2, 0.25) is 0 Å². The average Bonchev–Trinajstić information content (AvgIpc) is 3.37. The molecule has 0 saturated carbocycles. The molecule has 4 nitrogen and oxygen atoms in total. The fraction of sp³-hybridized carbons (Fsp3) is 0.103. The fourth-order valence-corrected chi connectivity index (χ4v) is 4.46. The number of carbonyl (C=O) groups excluding carboxylic acids is 2. The lowest BCUT2D eigenvalue weighted by Crippen LogP contribution is -2.37. The van der Waals surface area contributed by atoms with Crippen molar-refractivity contribution in [1.82, 2.24) is 10.6 Å². The van der Waals surface area contributed by atoms with Crippen molar-refractivity contribution >= 4 is 29.2 Å². The van der Waals surface area contributed by atoms with Crippen LogP contribution in [0.3, 0.4) is 0 Å². The molecule has 34 heavy (non-hydrogen) atoms. The lowest BCUT2D eigenvalue weighted by Gasteiger charge is -2.23. The summed E-state index contributed by atoms with van der Waals surface area (Å²) in [6, 6.07) is 28.4. The van der Waals surface area contributed by atoms with E-state index in [0.717, 1.165) is 27.1 Å². The highest BCUT2D eigenvalue weighted by atomic mass is 32.1. The summed E-state index contributed by atoms with van der Waals surface area (Å²) < 4.78 is 0. The molecule has 4 rings (SSSR count). The van der Waals surface area contributed by atoms with Gasteiger partial charge in [0.15, 0.2) is 0 Å². The van der Waals surface area contributed by atoms with Gasteiger partial charge in [0.05, 0.1) is 6.04 Å². The number of carbonyl (C=O) groups is 2. The summed E-state index contributed by atoms with van der Waals surface area (Å²) in [5.41, 5.74) is 4.91. The van der Waals surface area contributed by atoms with Crippen LogP contribution in [0.4, 0.5) is 0 Å². The minimum absolute atomic E-state index is 0.196. The number of benzene rings is 3. The largest absolute Gasteiger partial charge is 0.340 e. The molecule has 3 aromatic carbocycles. The average molecular weight is 467 g/mol. The number of aryl methyl sites for hydroxylation is 2. The number of nitrogens with one attached hydrogen (secondary N) is 2. The van der Waals surface area contributed by atoms with Gasteiger partial charge < -0.3 is 10.6 Å². The van der Waals surface area contributed by atoms with Crippen LogP contribution in [0.15, 0.2) is 102 Å². The van der Waals surface area contributed by atoms with E-state index in [4.69, 9.17) is 0 Å². The van der Waals surface area contributed by atoms with Crippen LogP contribution in [-0.2, 0) is 4.79 Å². The lowest BCUT2D eigenvalue weighted by atomic mass is 9.93. The van der Waals surface area contributed by atoms with E-state index in [1.54, 1.807) is 30.3 Å². The molecule has 170 valence electrons. The minimum atomic E-state index is -0.366. The van der Waals surface area contributed by atoms with Gasteiger partial charge in [0.25, 0.3) is 11.8 Å². The molecule has 0 bridgehead atoms. The molecule has 4 aromatic rings. The zero-order valence-electron chi connectivity index (χ0n) is 19.1. The van der Waals surface area contributed by atoms with Crippen LogP contribution < -0.4 is 10.6 Å². The van der Waals surface area contributed by atoms with Gasteiger partial charge in [0.1, 0.15) is 5.70 Å². The summed E-state index contributed by atoms with van der Waals surface area (Å²) in [4.78, 5) is 27.3. The number of amides is 2. The third kappa shape index (κ3) is 5.69. The van der Waals surface area contributed by atoms with Crippen LogP contribution in [0.1, 0.15) is 43.5 Å². The summed E-state index contributed by atoms with van der Waals surface area (Å²) in [6.07, 6.45) is 1.71. The molecule has 0 aliphatic heterocycles. The maximum absolute atomic E-state index is 13.6. The van der Waals surface area contributed by atoms with E-state index in [2.05, 4.69) is 16.7 Å². The van der Waals surface area contributed by atoms with Crippen LogP contribution in [0.5, 0.6) is 0 Å². The molecule has 2 amide bonds. The lowest BCUT2D eigenvalue weighted by molar-refractivity contribution is -0.118. The molecule has 0 spiro atoms. The van der Waals surface area contributed by atoms with E-state index in [9.17, 15) is 9.59 Å². The SMILES string of the molecule is Cc1ccc([C@@H](NC(=O)/C(=C/c2cccs2)NC(=O)c2ccccc2)c2ccccc2)c(C)c1. The molecule has 1 heterocycles. The zero-order chi connectivity index (χ0) is 23.9. The van der Waals surface area contributed by atoms with Crippen molar-refractivity contribution in [2.24, 2.45) is 0 Å². The van der Waals surface area contributed by atoms with E-state index in [1.807, 2.05) is 79.9 Å². The summed E-state index contributed by atoms with van der Waals surface area (Å²) in [6.45, 7) is 4.10. The quantitative estimate of drug-likeness (QED) is 0.326. The molecular formula is C29H26N2O2S. The first-order valence-corrected chi connectivity index (χ1v) is 11.9. The second kappa shape index (κ2) is 10.8. The van der Waals surface area contributed by atoms with Gasteiger partial charge in [0, 0.05) is 10.4 Å². The predicted molar refractivity (Wildman–Crippen MR) is 139 cm³/mol. The molecule has 0 saturated heterocycles. The van der Waals surface area contributed by atoms with Crippen LogP contribution >= 0.6 is 11.3 Å². The number of rotatable bonds is 7. The second-order valence-corrected chi connectivity index (χ2v) is 9.05. The van der Waals surface area contributed by atoms with Crippen LogP contribution in [-0.4, -0.2) is 11.8 Å². The van der Waals surface area contributed by atoms with Crippen LogP contribution in [0.25, 0.3) is 6.08 Å². The second-order valence-electron chi connectivity index (χ2n) is 8.07. The summed E-state index contributed by atoms with van der Waals surface area (Å²) in [7, 11) is 0. The van der Waals surface area contributed by atoms with Crippen molar-refractivity contribution in [1.29, 1.82) is 0 Å². The van der Waals surface area contributed by atoms with Crippen molar-refractivity contribution < 1.29 is 9.59 Å². The Kier molecular flexibility index (Phi) is 7.35. The summed E-state index contributed by atoms with van der Waals surface area (Å²) >= 11 is 1.50. The molecular weight excluding hydrogens is 440 g/mol. The smallest absolute Gasteiger partial charge is 0.268 e. The Morgan fingerprint density at radius 2 is 1.56 bits per heavy atom. The first kappa shape index (κ1) is 23.2. The topological polar surface area (TPSA) is 58.2 Å². The highest BCUT2D eigenvalue weighted by molar-refractivity contribution is 7.10. The summed E-state index contributed by atoms with van der Waals surface area (Å²) in [5.74, 6) is -0.687. The Bertz CT molecular complexity index is 1300. The number of thiophene rings is 1. The number of hydrogen-bond acceptors (Lipinski definition) is 3. The highest BCUT2D eigenvalue weighted by Gasteiger charge is 2.22. The molecule has 2 N–H and O–H groups in total. The Morgan fingerprint density at radius 1 is 0.853 bits per heavy atom. The zero-order valence-corrected chi connectivity index (χ0v) is 19.9. The predicted octanol–water partition coefficient (Wildman–Crippen LogP) is 6.04. The fourth-order valence-electron chi connectivity index (χ4n) is 3.80. The maximum atomic E-state index is 13.6. The summed E-state index contributed by atoms with van der Waals surface area (Å²) in [5, 5.41) is 7.92. The third-order valence-corrected chi connectivity index (χ3v) is 6.32. The van der Waals surface area contributed by atoms with E-state index >= 15 is 0 Å². The van der Waals surface area contributed by atoms with Gasteiger partial charge in [-0.3, -0.25) is 9.59 Å². The molecule has 0 fully saturated rings. The van der Waals surface area contributed by atoms with Crippen molar-refractivity contribution in [3.8, 4) is 0 Å². The number of hydrogen-bond donors (Lipinski definition) is 2. The molecule has 0 radical (unpaired) electrons. The molecule has 5 heteroatoms. The Balaban J connectivity index is 1.68. The van der Waals surface area contributed by atoms with Gasteiger partial charge in [-0.15, -0.1) is 11.3 Å². The van der Waals surface area contributed by atoms with Gasteiger partial charge in [0.2, 0.25) is 0 Å². The van der Waals surface area contributed by atoms with Crippen LogP contribution in [0, 0.1) is 13.8 Å². The van der Waals surface area contributed by atoms with Crippen molar-refractivity contribution in [2.45, 2.75) is 19.9 Å².